The molecule has 1 saturated carbocycles. The molecule has 1 heterocycles. The number of hydrogen-bond acceptors (Lipinski definition) is 3. The smallest absolute Gasteiger partial charge is 0.237 e. The lowest BCUT2D eigenvalue weighted by atomic mass is 10.0. The quantitative estimate of drug-likeness (QED) is 0.576. The molecular formula is C10H19N3O. The van der Waals surface area contributed by atoms with Crippen molar-refractivity contribution in [3.63, 3.8) is 0 Å². The SMILES string of the molecule is NCC1CCCC1NC1CCNC1=O. The Kier molecular flexibility index (Phi) is 3.03. The Bertz CT molecular complexity index is 219. The highest BCUT2D eigenvalue weighted by Crippen LogP contribution is 2.25. The standard InChI is InChI=1S/C10H19N3O/c11-6-7-2-1-3-8(7)13-9-4-5-12-10(9)14/h7-9,13H,1-6,11H2,(H,12,14). The van der Waals surface area contributed by atoms with E-state index in [-0.39, 0.29) is 11.9 Å². The van der Waals surface area contributed by atoms with Gasteiger partial charge in [-0.2, -0.15) is 0 Å². The lowest BCUT2D eigenvalue weighted by Crippen LogP contribution is -2.45. The minimum absolute atomic E-state index is 0.0344. The number of hydrogen-bond donors (Lipinski definition) is 3. The van der Waals surface area contributed by atoms with Gasteiger partial charge in [0.1, 0.15) is 0 Å². The van der Waals surface area contributed by atoms with E-state index in [1.165, 1.54) is 19.3 Å². The predicted octanol–water partition coefficient (Wildman–Crippen LogP) is -0.408. The lowest BCUT2D eigenvalue weighted by molar-refractivity contribution is -0.121. The highest BCUT2D eigenvalue weighted by molar-refractivity contribution is 5.83. The highest BCUT2D eigenvalue weighted by atomic mass is 16.2. The Labute approximate surface area is 84.6 Å². The predicted molar refractivity (Wildman–Crippen MR) is 54.7 cm³/mol. The molecule has 1 amide bonds. The van der Waals surface area contributed by atoms with Crippen molar-refractivity contribution in [3.8, 4) is 0 Å². The van der Waals surface area contributed by atoms with Crippen LogP contribution in [0, 0.1) is 5.92 Å². The molecule has 0 aromatic carbocycles. The Morgan fingerprint density at radius 3 is 2.93 bits per heavy atom. The van der Waals surface area contributed by atoms with Crippen molar-refractivity contribution in [1.29, 1.82) is 0 Å². The van der Waals surface area contributed by atoms with Crippen LogP contribution in [0.1, 0.15) is 25.7 Å². The molecule has 0 bridgehead atoms. The maximum absolute atomic E-state index is 11.4. The van der Waals surface area contributed by atoms with Crippen molar-refractivity contribution < 1.29 is 4.79 Å². The van der Waals surface area contributed by atoms with Crippen molar-refractivity contribution in [2.75, 3.05) is 13.1 Å². The number of carbonyl (C=O) groups excluding carboxylic acids is 1. The van der Waals surface area contributed by atoms with Crippen molar-refractivity contribution >= 4 is 5.91 Å². The van der Waals surface area contributed by atoms with Crippen LogP contribution in [0.25, 0.3) is 0 Å². The molecule has 2 rings (SSSR count). The molecule has 4 heteroatoms. The summed E-state index contributed by atoms with van der Waals surface area (Å²) in [4.78, 5) is 11.4. The van der Waals surface area contributed by atoms with Crippen LogP contribution in [0.5, 0.6) is 0 Å². The maximum Gasteiger partial charge on any atom is 0.237 e. The van der Waals surface area contributed by atoms with Gasteiger partial charge in [-0.15, -0.1) is 0 Å². The third kappa shape index (κ3) is 1.91. The van der Waals surface area contributed by atoms with Gasteiger partial charge in [-0.1, -0.05) is 6.42 Å². The van der Waals surface area contributed by atoms with E-state index in [2.05, 4.69) is 10.6 Å². The summed E-state index contributed by atoms with van der Waals surface area (Å²) in [5, 5.41) is 6.28. The Balaban J connectivity index is 1.86. The van der Waals surface area contributed by atoms with Gasteiger partial charge in [-0.25, -0.2) is 0 Å². The maximum atomic E-state index is 11.4. The fraction of sp³-hybridized carbons (Fsp3) is 0.900. The number of carbonyl (C=O) groups is 1. The molecule has 0 spiro atoms. The van der Waals surface area contributed by atoms with Crippen molar-refractivity contribution in [2.24, 2.45) is 11.7 Å². The van der Waals surface area contributed by atoms with E-state index in [1.807, 2.05) is 0 Å². The van der Waals surface area contributed by atoms with Crippen LogP contribution < -0.4 is 16.4 Å². The molecule has 0 aromatic rings. The van der Waals surface area contributed by atoms with Gasteiger partial charge in [0.15, 0.2) is 0 Å². The van der Waals surface area contributed by atoms with Gasteiger partial charge in [0.25, 0.3) is 0 Å². The van der Waals surface area contributed by atoms with Crippen molar-refractivity contribution in [2.45, 2.75) is 37.8 Å². The van der Waals surface area contributed by atoms with E-state index in [4.69, 9.17) is 5.73 Å². The molecule has 4 N–H and O–H groups in total. The first-order chi connectivity index (χ1) is 6.81. The summed E-state index contributed by atoms with van der Waals surface area (Å²) >= 11 is 0. The molecule has 1 saturated heterocycles. The van der Waals surface area contributed by atoms with Gasteiger partial charge in [-0.05, 0) is 31.7 Å². The summed E-state index contributed by atoms with van der Waals surface area (Å²) in [6.45, 7) is 1.56. The van der Waals surface area contributed by atoms with E-state index in [1.54, 1.807) is 0 Å². The normalized spacial score (nSPS) is 37.5. The van der Waals surface area contributed by atoms with Crippen LogP contribution in [-0.4, -0.2) is 31.1 Å². The van der Waals surface area contributed by atoms with E-state index in [9.17, 15) is 4.79 Å². The molecule has 3 atom stereocenters. The average molecular weight is 197 g/mol. The topological polar surface area (TPSA) is 67.2 Å². The van der Waals surface area contributed by atoms with Crippen LogP contribution >= 0.6 is 0 Å². The molecule has 1 aliphatic heterocycles. The minimum Gasteiger partial charge on any atom is -0.355 e. The monoisotopic (exact) mass is 197 g/mol. The molecule has 4 nitrogen and oxygen atoms in total. The molecular weight excluding hydrogens is 178 g/mol. The largest absolute Gasteiger partial charge is 0.355 e. The van der Waals surface area contributed by atoms with Crippen LogP contribution in [0.3, 0.4) is 0 Å². The fourth-order valence-corrected chi connectivity index (χ4v) is 2.55. The van der Waals surface area contributed by atoms with Crippen LogP contribution in [0.15, 0.2) is 0 Å². The van der Waals surface area contributed by atoms with Crippen molar-refractivity contribution in [1.82, 2.24) is 10.6 Å². The van der Waals surface area contributed by atoms with Gasteiger partial charge in [-0.3, -0.25) is 4.79 Å². The summed E-state index contributed by atoms with van der Waals surface area (Å²) in [5.41, 5.74) is 5.69. The zero-order chi connectivity index (χ0) is 9.97. The molecule has 3 unspecified atom stereocenters. The first-order valence-electron chi connectivity index (χ1n) is 5.55. The number of nitrogens with two attached hydrogens (primary N) is 1. The van der Waals surface area contributed by atoms with Gasteiger partial charge in [0.05, 0.1) is 6.04 Å². The molecule has 2 aliphatic rings. The summed E-state index contributed by atoms with van der Waals surface area (Å²) in [6.07, 6.45) is 4.55. The molecule has 0 aromatic heterocycles. The summed E-state index contributed by atoms with van der Waals surface area (Å²) in [6, 6.07) is 0.501. The average Bonchev–Trinajstić information content (AvgIpc) is 2.77. The van der Waals surface area contributed by atoms with E-state index in [0.29, 0.717) is 12.0 Å². The number of rotatable bonds is 3. The van der Waals surface area contributed by atoms with Gasteiger partial charge >= 0.3 is 0 Å². The van der Waals surface area contributed by atoms with Gasteiger partial charge in [0.2, 0.25) is 5.91 Å². The number of nitrogens with one attached hydrogen (secondary N) is 2. The third-order valence-electron chi connectivity index (χ3n) is 3.43. The van der Waals surface area contributed by atoms with Crippen molar-refractivity contribution in [3.05, 3.63) is 0 Å². The van der Waals surface area contributed by atoms with Crippen LogP contribution in [-0.2, 0) is 4.79 Å². The zero-order valence-electron chi connectivity index (χ0n) is 8.46. The van der Waals surface area contributed by atoms with Crippen LogP contribution in [0.4, 0.5) is 0 Å². The Morgan fingerprint density at radius 2 is 2.29 bits per heavy atom. The molecule has 0 radical (unpaired) electrons. The van der Waals surface area contributed by atoms with Crippen LogP contribution in [0.2, 0.25) is 0 Å². The van der Waals surface area contributed by atoms with E-state index < -0.39 is 0 Å². The second kappa shape index (κ2) is 4.28. The second-order valence-corrected chi connectivity index (χ2v) is 4.33. The summed E-state index contributed by atoms with van der Waals surface area (Å²) in [7, 11) is 0. The van der Waals surface area contributed by atoms with Gasteiger partial charge in [0, 0.05) is 12.6 Å². The Hall–Kier alpha value is -0.610. The third-order valence-corrected chi connectivity index (χ3v) is 3.43. The fourth-order valence-electron chi connectivity index (χ4n) is 2.55. The highest BCUT2D eigenvalue weighted by Gasteiger charge is 2.32. The first-order valence-corrected chi connectivity index (χ1v) is 5.55. The van der Waals surface area contributed by atoms with E-state index >= 15 is 0 Å². The van der Waals surface area contributed by atoms with Gasteiger partial charge < -0.3 is 16.4 Å². The molecule has 2 fully saturated rings. The Morgan fingerprint density at radius 1 is 1.43 bits per heavy atom. The molecule has 14 heavy (non-hydrogen) atoms. The second-order valence-electron chi connectivity index (χ2n) is 4.33. The number of amides is 1. The molecule has 1 aliphatic carbocycles. The summed E-state index contributed by atoms with van der Waals surface area (Å²) < 4.78 is 0. The first kappa shape index (κ1) is 9.93. The summed E-state index contributed by atoms with van der Waals surface area (Å²) in [5.74, 6) is 0.732. The minimum atomic E-state index is 0.0344. The van der Waals surface area contributed by atoms with E-state index in [0.717, 1.165) is 19.5 Å². The zero-order valence-corrected chi connectivity index (χ0v) is 8.46. The lowest BCUT2D eigenvalue weighted by Gasteiger charge is -2.22. The molecule has 80 valence electrons.